The van der Waals surface area contributed by atoms with Crippen LogP contribution in [0.2, 0.25) is 0 Å². The number of rotatable bonds is 5. The summed E-state index contributed by atoms with van der Waals surface area (Å²) in [6.45, 7) is 3.28. The fraction of sp³-hybridized carbons (Fsp3) is 0.636. The molecule has 0 radical (unpaired) electrons. The number of esters is 1. The number of carbonyl (C=O) groups is 2. The lowest BCUT2D eigenvalue weighted by Gasteiger charge is -2.43. The number of carboxylic acid groups (broad SMARTS) is 1. The molecule has 0 saturated carbocycles. The Balaban J connectivity index is 5.55. The molecule has 0 fully saturated rings. The quantitative estimate of drug-likeness (QED) is 0.456. The number of alkyl halides is 6. The number of hydrogen-bond donors (Lipinski definition) is 2. The van der Waals surface area contributed by atoms with Crippen LogP contribution in [0.5, 0.6) is 0 Å². The van der Waals surface area contributed by atoms with E-state index in [1.807, 2.05) is 0 Å². The Kier molecular flexibility index (Phi) is 5.31. The summed E-state index contributed by atoms with van der Waals surface area (Å²) in [5.74, 6) is -3.40. The van der Waals surface area contributed by atoms with E-state index in [1.54, 1.807) is 0 Å². The molecule has 0 saturated heterocycles. The molecule has 0 aromatic heterocycles. The predicted octanol–water partition coefficient (Wildman–Crippen LogP) is 2.19. The molecular formula is C11H12F6O5. The van der Waals surface area contributed by atoms with Crippen molar-refractivity contribution in [2.24, 2.45) is 0 Å². The van der Waals surface area contributed by atoms with E-state index in [2.05, 4.69) is 11.3 Å². The number of carbonyl (C=O) groups excluding carboxylic acids is 1. The number of carboxylic acids is 1. The first-order valence-electron chi connectivity index (χ1n) is 5.46. The Labute approximate surface area is 120 Å². The van der Waals surface area contributed by atoms with Crippen LogP contribution in [0.3, 0.4) is 0 Å². The monoisotopic (exact) mass is 338 g/mol. The standard InChI is InChI=1S/C11H12F6O5/c1-5(7(19)20)4-6(18)22-8(2,3)9(21,10(12,13)14)11(15,16)17/h21H,1,4H2,2-3H3,(H,19,20). The van der Waals surface area contributed by atoms with Gasteiger partial charge >= 0.3 is 24.3 Å². The van der Waals surface area contributed by atoms with Crippen molar-refractivity contribution in [1.82, 2.24) is 0 Å². The molecule has 0 atom stereocenters. The van der Waals surface area contributed by atoms with Gasteiger partial charge in [0.25, 0.3) is 5.60 Å². The number of halogens is 6. The van der Waals surface area contributed by atoms with Crippen molar-refractivity contribution in [3.8, 4) is 0 Å². The lowest BCUT2D eigenvalue weighted by molar-refractivity contribution is -0.407. The molecule has 0 bridgehead atoms. The van der Waals surface area contributed by atoms with E-state index in [-0.39, 0.29) is 13.8 Å². The Morgan fingerprint density at radius 1 is 1.05 bits per heavy atom. The van der Waals surface area contributed by atoms with E-state index in [0.29, 0.717) is 0 Å². The van der Waals surface area contributed by atoms with Crippen molar-refractivity contribution in [3.05, 3.63) is 12.2 Å². The van der Waals surface area contributed by atoms with Gasteiger partial charge in [-0.05, 0) is 13.8 Å². The Hall–Kier alpha value is -1.78. The van der Waals surface area contributed by atoms with Crippen LogP contribution in [0.15, 0.2) is 12.2 Å². The third-order valence-corrected chi connectivity index (χ3v) is 2.72. The van der Waals surface area contributed by atoms with E-state index >= 15 is 0 Å². The number of ether oxygens (including phenoxy) is 1. The summed E-state index contributed by atoms with van der Waals surface area (Å²) in [5.41, 5.74) is -9.60. The van der Waals surface area contributed by atoms with Crippen molar-refractivity contribution in [2.45, 2.75) is 43.8 Å². The van der Waals surface area contributed by atoms with E-state index in [1.165, 1.54) is 0 Å². The molecule has 5 nitrogen and oxygen atoms in total. The van der Waals surface area contributed by atoms with E-state index in [9.17, 15) is 35.9 Å². The second kappa shape index (κ2) is 5.78. The molecular weight excluding hydrogens is 326 g/mol. The topological polar surface area (TPSA) is 83.8 Å². The summed E-state index contributed by atoms with van der Waals surface area (Å²) in [4.78, 5) is 21.7. The van der Waals surface area contributed by atoms with Crippen LogP contribution in [-0.2, 0) is 14.3 Å². The van der Waals surface area contributed by atoms with Crippen LogP contribution in [0.4, 0.5) is 26.3 Å². The molecule has 2 N–H and O–H groups in total. The second-order valence-electron chi connectivity index (χ2n) is 4.78. The maximum Gasteiger partial charge on any atom is 0.430 e. The Bertz CT molecular complexity index is 462. The van der Waals surface area contributed by atoms with Crippen molar-refractivity contribution in [2.75, 3.05) is 0 Å². The zero-order valence-electron chi connectivity index (χ0n) is 11.3. The molecule has 0 rings (SSSR count). The molecule has 128 valence electrons. The van der Waals surface area contributed by atoms with Gasteiger partial charge in [-0.3, -0.25) is 4.79 Å². The first-order valence-corrected chi connectivity index (χ1v) is 5.46. The fourth-order valence-corrected chi connectivity index (χ4v) is 1.49. The third kappa shape index (κ3) is 3.70. The molecule has 0 aromatic carbocycles. The van der Waals surface area contributed by atoms with Crippen molar-refractivity contribution < 1.29 is 50.9 Å². The highest BCUT2D eigenvalue weighted by Gasteiger charge is 2.78. The molecule has 0 unspecified atom stereocenters. The lowest BCUT2D eigenvalue weighted by Crippen LogP contribution is -2.69. The maximum atomic E-state index is 12.7. The molecule has 0 spiro atoms. The first-order chi connectivity index (χ1) is 9.47. The fourth-order valence-electron chi connectivity index (χ4n) is 1.49. The van der Waals surface area contributed by atoms with Gasteiger partial charge < -0.3 is 14.9 Å². The number of hydrogen-bond acceptors (Lipinski definition) is 4. The highest BCUT2D eigenvalue weighted by molar-refractivity contribution is 5.91. The molecule has 0 aliphatic carbocycles. The molecule has 0 aromatic rings. The largest absolute Gasteiger partial charge is 0.478 e. The van der Waals surface area contributed by atoms with Crippen LogP contribution >= 0.6 is 0 Å². The van der Waals surface area contributed by atoms with Gasteiger partial charge in [-0.25, -0.2) is 4.79 Å². The summed E-state index contributed by atoms with van der Waals surface area (Å²) in [5, 5.41) is 17.6. The summed E-state index contributed by atoms with van der Waals surface area (Å²) in [6.07, 6.45) is -13.5. The van der Waals surface area contributed by atoms with Gasteiger partial charge in [0.1, 0.15) is 0 Å². The average molecular weight is 338 g/mol. The summed E-state index contributed by atoms with van der Waals surface area (Å²) >= 11 is 0. The Morgan fingerprint density at radius 3 is 1.68 bits per heavy atom. The number of aliphatic carboxylic acids is 1. The minimum absolute atomic E-state index is 0.204. The smallest absolute Gasteiger partial charge is 0.430 e. The summed E-state index contributed by atoms with van der Waals surface area (Å²) < 4.78 is 80.0. The van der Waals surface area contributed by atoms with Crippen LogP contribution in [0.1, 0.15) is 20.3 Å². The molecule has 0 aliphatic heterocycles. The van der Waals surface area contributed by atoms with Crippen LogP contribution in [0, 0.1) is 0 Å². The van der Waals surface area contributed by atoms with Crippen LogP contribution < -0.4 is 0 Å². The van der Waals surface area contributed by atoms with E-state index in [0.717, 1.165) is 0 Å². The highest BCUT2D eigenvalue weighted by atomic mass is 19.4. The minimum atomic E-state index is -6.20. The predicted molar refractivity (Wildman–Crippen MR) is 58.6 cm³/mol. The SMILES string of the molecule is C=C(CC(=O)OC(C)(C)C(O)(C(F)(F)F)C(F)(F)F)C(=O)O. The zero-order valence-corrected chi connectivity index (χ0v) is 11.3. The Morgan fingerprint density at radius 2 is 1.41 bits per heavy atom. The van der Waals surface area contributed by atoms with Gasteiger partial charge in [-0.15, -0.1) is 0 Å². The normalized spacial score (nSPS) is 13.7. The molecule has 0 heterocycles. The van der Waals surface area contributed by atoms with Gasteiger partial charge in [0.15, 0.2) is 5.60 Å². The number of aliphatic hydroxyl groups is 1. The van der Waals surface area contributed by atoms with Crippen molar-refractivity contribution >= 4 is 11.9 Å². The summed E-state index contributed by atoms with van der Waals surface area (Å²) in [6, 6.07) is 0. The third-order valence-electron chi connectivity index (χ3n) is 2.72. The molecule has 0 aliphatic rings. The zero-order chi connectivity index (χ0) is 18.1. The van der Waals surface area contributed by atoms with Crippen molar-refractivity contribution in [1.29, 1.82) is 0 Å². The second-order valence-corrected chi connectivity index (χ2v) is 4.78. The minimum Gasteiger partial charge on any atom is -0.478 e. The lowest BCUT2D eigenvalue weighted by atomic mass is 9.84. The van der Waals surface area contributed by atoms with Crippen molar-refractivity contribution in [3.63, 3.8) is 0 Å². The summed E-state index contributed by atoms with van der Waals surface area (Å²) in [7, 11) is 0. The van der Waals surface area contributed by atoms with Gasteiger partial charge in [0, 0.05) is 5.57 Å². The van der Waals surface area contributed by atoms with Crippen LogP contribution in [0.25, 0.3) is 0 Å². The first kappa shape index (κ1) is 20.2. The van der Waals surface area contributed by atoms with E-state index in [4.69, 9.17) is 10.2 Å². The molecule has 22 heavy (non-hydrogen) atoms. The van der Waals surface area contributed by atoms with Gasteiger partial charge in [0.2, 0.25) is 0 Å². The highest BCUT2D eigenvalue weighted by Crippen LogP contribution is 2.50. The molecule has 11 heteroatoms. The van der Waals surface area contributed by atoms with E-state index < -0.39 is 47.5 Å². The van der Waals surface area contributed by atoms with Gasteiger partial charge in [-0.1, -0.05) is 6.58 Å². The average Bonchev–Trinajstić information content (AvgIpc) is 2.23. The van der Waals surface area contributed by atoms with Gasteiger partial charge in [-0.2, -0.15) is 26.3 Å². The molecule has 0 amide bonds. The van der Waals surface area contributed by atoms with Crippen LogP contribution in [-0.4, -0.2) is 45.7 Å². The maximum absolute atomic E-state index is 12.7. The van der Waals surface area contributed by atoms with Gasteiger partial charge in [0.05, 0.1) is 6.42 Å².